The van der Waals surface area contributed by atoms with Crippen molar-refractivity contribution < 1.29 is 0 Å². The Labute approximate surface area is 162 Å². The van der Waals surface area contributed by atoms with Crippen LogP contribution in [0.25, 0.3) is 11.6 Å². The lowest BCUT2D eigenvalue weighted by Crippen LogP contribution is -2.27. The summed E-state index contributed by atoms with van der Waals surface area (Å²) in [6.45, 7) is 2.07. The molecule has 1 unspecified atom stereocenters. The second-order valence-corrected chi connectivity index (χ2v) is 7.62. The number of benzene rings is 1. The summed E-state index contributed by atoms with van der Waals surface area (Å²) < 4.78 is 0. The van der Waals surface area contributed by atoms with Gasteiger partial charge < -0.3 is 15.6 Å². The zero-order valence-corrected chi connectivity index (χ0v) is 15.6. The average Bonchev–Trinajstić information content (AvgIpc) is 3.39. The third kappa shape index (κ3) is 3.10. The molecule has 0 saturated carbocycles. The van der Waals surface area contributed by atoms with Crippen LogP contribution in [0.5, 0.6) is 0 Å². The zero-order valence-electron chi connectivity index (χ0n) is 15.6. The van der Waals surface area contributed by atoms with Crippen LogP contribution in [0.15, 0.2) is 47.9 Å². The summed E-state index contributed by atoms with van der Waals surface area (Å²) >= 11 is 0. The van der Waals surface area contributed by atoms with Crippen LogP contribution < -0.4 is 21.2 Å². The molecule has 6 heteroatoms. The van der Waals surface area contributed by atoms with E-state index in [0.717, 1.165) is 58.5 Å². The first-order valence-corrected chi connectivity index (χ1v) is 9.89. The Bertz CT molecular complexity index is 1170. The summed E-state index contributed by atoms with van der Waals surface area (Å²) in [6, 6.07) is 6.09. The third-order valence-electron chi connectivity index (χ3n) is 5.81. The number of piperidine rings is 1. The number of aromatic nitrogens is 2. The molecule has 1 aromatic heterocycles. The maximum Gasteiger partial charge on any atom is 0.115 e. The van der Waals surface area contributed by atoms with Gasteiger partial charge in [0.1, 0.15) is 11.9 Å². The van der Waals surface area contributed by atoms with E-state index in [1.54, 1.807) is 0 Å². The smallest absolute Gasteiger partial charge is 0.115 e. The molecule has 142 valence electrons. The fourth-order valence-corrected chi connectivity index (χ4v) is 4.30. The molecular formula is C22H23N5O. The molecule has 1 saturated heterocycles. The minimum absolute atomic E-state index is 0.251. The number of hydrogen-bond donors (Lipinski definition) is 3. The van der Waals surface area contributed by atoms with E-state index in [4.69, 9.17) is 4.98 Å². The van der Waals surface area contributed by atoms with Crippen molar-refractivity contribution in [3.63, 3.8) is 0 Å². The molecule has 1 aromatic carbocycles. The van der Waals surface area contributed by atoms with Crippen LogP contribution in [-0.4, -0.2) is 29.1 Å². The molecule has 5 rings (SSSR count). The van der Waals surface area contributed by atoms with Crippen molar-refractivity contribution in [2.24, 2.45) is 5.18 Å². The summed E-state index contributed by atoms with van der Waals surface area (Å²) in [4.78, 5) is 19.6. The Kier molecular flexibility index (Phi) is 4.41. The summed E-state index contributed by atoms with van der Waals surface area (Å²) in [5.74, 6) is 1.52. The van der Waals surface area contributed by atoms with Crippen molar-refractivity contribution in [2.75, 3.05) is 13.1 Å². The topological polar surface area (TPSA) is 82.2 Å². The Hall–Kier alpha value is -2.99. The van der Waals surface area contributed by atoms with Gasteiger partial charge in [-0.15, -0.1) is 0 Å². The second-order valence-electron chi connectivity index (χ2n) is 7.62. The number of rotatable bonds is 2. The van der Waals surface area contributed by atoms with E-state index in [2.05, 4.69) is 51.1 Å². The number of fused-ring (bicyclic) bond motifs is 1. The van der Waals surface area contributed by atoms with Crippen molar-refractivity contribution in [3.05, 3.63) is 80.2 Å². The number of aromatic amines is 1. The van der Waals surface area contributed by atoms with Gasteiger partial charge in [0.2, 0.25) is 0 Å². The normalized spacial score (nSPS) is 22.6. The number of hydrogen-bond acceptors (Lipinski definition) is 5. The highest BCUT2D eigenvalue weighted by Gasteiger charge is 2.19. The highest BCUT2D eigenvalue weighted by atomic mass is 16.3. The van der Waals surface area contributed by atoms with E-state index in [1.807, 2.05) is 18.5 Å². The van der Waals surface area contributed by atoms with Crippen LogP contribution >= 0.6 is 0 Å². The highest BCUT2D eigenvalue weighted by molar-refractivity contribution is 5.66. The molecule has 0 bridgehead atoms. The van der Waals surface area contributed by atoms with Crippen LogP contribution in [0.4, 0.5) is 0 Å². The van der Waals surface area contributed by atoms with Gasteiger partial charge in [0, 0.05) is 35.5 Å². The van der Waals surface area contributed by atoms with E-state index in [9.17, 15) is 4.91 Å². The van der Waals surface area contributed by atoms with Crippen LogP contribution in [0.2, 0.25) is 0 Å². The molecule has 0 amide bonds. The number of imidazole rings is 1. The van der Waals surface area contributed by atoms with Crippen molar-refractivity contribution in [1.82, 2.24) is 20.6 Å². The maximum absolute atomic E-state index is 10.9. The Balaban J connectivity index is 1.75. The van der Waals surface area contributed by atoms with Gasteiger partial charge in [-0.25, -0.2) is 4.98 Å². The van der Waals surface area contributed by atoms with Gasteiger partial charge in [-0.05, 0) is 61.0 Å². The van der Waals surface area contributed by atoms with Gasteiger partial charge in [-0.1, -0.05) is 17.3 Å². The summed E-state index contributed by atoms with van der Waals surface area (Å²) in [6.07, 6.45) is 12.8. The van der Waals surface area contributed by atoms with Gasteiger partial charge in [-0.2, -0.15) is 4.91 Å². The van der Waals surface area contributed by atoms with Crippen molar-refractivity contribution >= 4 is 11.6 Å². The zero-order chi connectivity index (χ0) is 18.9. The van der Waals surface area contributed by atoms with Crippen molar-refractivity contribution in [2.45, 2.75) is 31.2 Å². The lowest BCUT2D eigenvalue weighted by Gasteiger charge is -2.20. The highest BCUT2D eigenvalue weighted by Crippen LogP contribution is 2.21. The van der Waals surface area contributed by atoms with E-state index < -0.39 is 0 Å². The predicted molar refractivity (Wildman–Crippen MR) is 109 cm³/mol. The quantitative estimate of drug-likeness (QED) is 0.696. The van der Waals surface area contributed by atoms with Crippen LogP contribution in [0, 0.1) is 15.5 Å². The number of nitroso groups, excluding NO2 is 1. The molecule has 3 aliphatic rings. The van der Waals surface area contributed by atoms with Crippen molar-refractivity contribution in [1.29, 1.82) is 0 Å². The Morgan fingerprint density at radius 1 is 1.11 bits per heavy atom. The van der Waals surface area contributed by atoms with Crippen LogP contribution in [0.3, 0.4) is 0 Å². The SMILES string of the molecule is O=NC1C=c2cc/c(=c3\nc(C4CCNCC4)[nH]c3=C3C=CNC=C3)cc2C1. The summed E-state index contributed by atoms with van der Waals surface area (Å²) in [5.41, 5.74) is 2.28. The largest absolute Gasteiger partial charge is 0.368 e. The molecule has 0 radical (unpaired) electrons. The maximum atomic E-state index is 10.9. The molecule has 1 aliphatic carbocycles. The minimum atomic E-state index is -0.251. The second kappa shape index (κ2) is 7.20. The van der Waals surface area contributed by atoms with E-state index in [0.29, 0.717) is 12.3 Å². The number of nitrogens with zero attached hydrogens (tertiary/aromatic N) is 2. The van der Waals surface area contributed by atoms with Gasteiger partial charge in [-0.3, -0.25) is 0 Å². The predicted octanol–water partition coefficient (Wildman–Crippen LogP) is 1.42. The number of allylic oxidation sites excluding steroid dienone is 2. The lowest BCUT2D eigenvalue weighted by molar-refractivity contribution is 0.447. The standard InChI is InChI=1S/C22H23N5O/c28-27-19-12-16-1-2-17(11-18(16)13-19)21-20(14-3-7-23-8-4-14)25-22(26-21)15-5-9-24-10-6-15/h1-4,7-8,11-12,15,19,23-24H,5-6,9-10,13H2,(H,25,26)/b21-17+. The molecular weight excluding hydrogens is 350 g/mol. The number of H-pyrrole nitrogens is 1. The number of nitrogens with one attached hydrogen (secondary N) is 3. The molecule has 3 heterocycles. The Morgan fingerprint density at radius 3 is 2.71 bits per heavy atom. The molecule has 0 spiro atoms. The van der Waals surface area contributed by atoms with Gasteiger partial charge >= 0.3 is 0 Å². The first-order valence-electron chi connectivity index (χ1n) is 9.89. The number of dihydropyridines is 1. The third-order valence-corrected chi connectivity index (χ3v) is 5.81. The summed E-state index contributed by atoms with van der Waals surface area (Å²) in [5, 5.41) is 13.9. The molecule has 28 heavy (non-hydrogen) atoms. The molecule has 3 N–H and O–H groups in total. The average molecular weight is 373 g/mol. The molecule has 1 atom stereocenters. The monoisotopic (exact) mass is 373 g/mol. The lowest BCUT2D eigenvalue weighted by atomic mass is 9.98. The van der Waals surface area contributed by atoms with E-state index in [-0.39, 0.29) is 6.04 Å². The van der Waals surface area contributed by atoms with E-state index in [1.165, 1.54) is 5.56 Å². The fourth-order valence-electron chi connectivity index (χ4n) is 4.30. The van der Waals surface area contributed by atoms with Gasteiger partial charge in [0.15, 0.2) is 0 Å². The van der Waals surface area contributed by atoms with Gasteiger partial charge in [0.25, 0.3) is 0 Å². The first kappa shape index (κ1) is 17.1. The molecule has 2 aliphatic heterocycles. The van der Waals surface area contributed by atoms with Crippen LogP contribution in [0.1, 0.15) is 30.1 Å². The van der Waals surface area contributed by atoms with Crippen molar-refractivity contribution in [3.8, 4) is 0 Å². The first-order chi connectivity index (χ1) is 13.8. The Morgan fingerprint density at radius 2 is 1.93 bits per heavy atom. The molecule has 1 fully saturated rings. The van der Waals surface area contributed by atoms with Crippen LogP contribution in [-0.2, 0) is 6.42 Å². The minimum Gasteiger partial charge on any atom is -0.368 e. The van der Waals surface area contributed by atoms with E-state index >= 15 is 0 Å². The molecule has 2 aromatic rings. The molecule has 6 nitrogen and oxygen atoms in total. The summed E-state index contributed by atoms with van der Waals surface area (Å²) in [7, 11) is 0. The fraction of sp³-hybridized carbons (Fsp3) is 0.318. The van der Waals surface area contributed by atoms with Gasteiger partial charge in [0.05, 0.1) is 10.7 Å².